The van der Waals surface area contributed by atoms with E-state index in [-0.39, 0.29) is 68.4 Å². The molecule has 6 nitrogen and oxygen atoms in total. The number of aromatic nitrogens is 1. The van der Waals surface area contributed by atoms with Gasteiger partial charge in [-0.3, -0.25) is 4.79 Å². The van der Waals surface area contributed by atoms with Crippen LogP contribution < -0.4 is 10.3 Å². The number of halogens is 1. The fourth-order valence-corrected chi connectivity index (χ4v) is 3.71. The zero-order chi connectivity index (χ0) is 18.4. The van der Waals surface area contributed by atoms with Crippen LogP contribution in [0.2, 0.25) is 0 Å². The minimum absolute atomic E-state index is 0. The maximum absolute atomic E-state index is 14.8. The molecule has 1 aromatic carbocycles. The van der Waals surface area contributed by atoms with Gasteiger partial charge in [0.25, 0.3) is 0 Å². The number of anilines is 1. The van der Waals surface area contributed by atoms with Crippen molar-refractivity contribution in [3.63, 3.8) is 0 Å². The molecule has 4 rings (SSSR count). The molecular formula is C19H23FKN3O3. The molecule has 0 atom stereocenters. The van der Waals surface area contributed by atoms with Crippen molar-refractivity contribution in [1.29, 1.82) is 0 Å². The Morgan fingerprint density at radius 3 is 2.44 bits per heavy atom. The summed E-state index contributed by atoms with van der Waals surface area (Å²) >= 11 is 0. The van der Waals surface area contributed by atoms with Crippen molar-refractivity contribution in [2.75, 3.05) is 37.6 Å². The number of hydrogen-bond acceptors (Lipinski definition) is 4. The van der Waals surface area contributed by atoms with Gasteiger partial charge in [0.2, 0.25) is 5.43 Å². The molecule has 1 saturated heterocycles. The zero-order valence-electron chi connectivity index (χ0n) is 14.7. The van der Waals surface area contributed by atoms with Crippen LogP contribution in [0.3, 0.4) is 0 Å². The van der Waals surface area contributed by atoms with E-state index in [1.807, 2.05) is 9.47 Å². The molecule has 1 aliphatic carbocycles. The third-order valence-corrected chi connectivity index (χ3v) is 5.43. The molecule has 1 aromatic heterocycles. The van der Waals surface area contributed by atoms with Crippen LogP contribution in [0.25, 0.3) is 10.9 Å². The third-order valence-electron chi connectivity index (χ3n) is 5.43. The number of rotatable bonds is 4. The van der Waals surface area contributed by atoms with Crippen LogP contribution in [0.4, 0.5) is 10.1 Å². The van der Waals surface area contributed by atoms with E-state index in [1.165, 1.54) is 12.3 Å². The summed E-state index contributed by atoms with van der Waals surface area (Å²) in [5.74, 6) is -1.74. The summed E-state index contributed by atoms with van der Waals surface area (Å²) in [6.07, 6.45) is 3.30. The van der Waals surface area contributed by atoms with E-state index in [1.54, 1.807) is 6.07 Å². The molecule has 2 aromatic rings. The fourth-order valence-electron chi connectivity index (χ4n) is 3.71. The maximum atomic E-state index is 14.8. The normalized spacial score (nSPS) is 17.8. The van der Waals surface area contributed by atoms with Crippen molar-refractivity contribution in [3.05, 3.63) is 39.9 Å². The van der Waals surface area contributed by atoms with Gasteiger partial charge in [-0.15, -0.1) is 0 Å². The zero-order valence-corrected chi connectivity index (χ0v) is 14.7. The predicted octanol–water partition coefficient (Wildman–Crippen LogP) is 1.67. The average molecular weight is 400 g/mol. The summed E-state index contributed by atoms with van der Waals surface area (Å²) in [6, 6.07) is 3.12. The molecule has 0 bridgehead atoms. The van der Waals surface area contributed by atoms with E-state index >= 15 is 0 Å². The Hall–Kier alpha value is -0.774. The molecule has 0 spiro atoms. The van der Waals surface area contributed by atoms with Gasteiger partial charge < -0.3 is 19.5 Å². The number of carboxylic acids is 1. The molecule has 1 N–H and O–H groups in total. The van der Waals surface area contributed by atoms with Gasteiger partial charge in [0.15, 0.2) is 0 Å². The molecule has 2 heterocycles. The number of carboxylic acid groups (broad SMARTS) is 1. The number of piperazine rings is 1. The molecule has 1 saturated carbocycles. The van der Waals surface area contributed by atoms with Crippen LogP contribution in [0.15, 0.2) is 23.1 Å². The number of benzene rings is 1. The van der Waals surface area contributed by atoms with Gasteiger partial charge in [-0.2, -0.15) is 0 Å². The number of nitrogens with zero attached hydrogens (tertiary/aromatic N) is 3. The Bertz CT molecular complexity index is 934. The first-order chi connectivity index (χ1) is 12.5. The van der Waals surface area contributed by atoms with Gasteiger partial charge in [-0.05, 0) is 31.5 Å². The average Bonchev–Trinajstić information content (AvgIpc) is 3.47. The summed E-state index contributed by atoms with van der Waals surface area (Å²) in [5.41, 5.74) is 0.195. The molecule has 140 valence electrons. The molecule has 0 amide bonds. The van der Waals surface area contributed by atoms with Crippen LogP contribution in [-0.2, 0) is 0 Å². The quantitative estimate of drug-likeness (QED) is 0.793. The van der Waals surface area contributed by atoms with E-state index in [0.717, 1.165) is 45.6 Å². The first-order valence-corrected chi connectivity index (χ1v) is 9.08. The number of pyridine rings is 1. The van der Waals surface area contributed by atoms with Crippen LogP contribution in [0.5, 0.6) is 0 Å². The van der Waals surface area contributed by atoms with E-state index in [9.17, 15) is 19.1 Å². The molecule has 0 unspecified atom stereocenters. The Morgan fingerprint density at radius 1 is 1.22 bits per heavy atom. The minimum atomic E-state index is -1.27. The van der Waals surface area contributed by atoms with Crippen LogP contribution >= 0.6 is 0 Å². The monoisotopic (exact) mass is 399 g/mol. The van der Waals surface area contributed by atoms with Crippen LogP contribution in [0, 0.1) is 5.82 Å². The number of fused-ring (bicyclic) bond motifs is 1. The number of aromatic carboxylic acids is 1. The van der Waals surface area contributed by atoms with Crippen LogP contribution in [-0.4, -0.2) is 105 Å². The van der Waals surface area contributed by atoms with E-state index in [0.29, 0.717) is 11.2 Å². The van der Waals surface area contributed by atoms with Crippen molar-refractivity contribution in [3.8, 4) is 0 Å². The van der Waals surface area contributed by atoms with E-state index in [2.05, 4.69) is 11.8 Å². The van der Waals surface area contributed by atoms with E-state index in [4.69, 9.17) is 0 Å². The van der Waals surface area contributed by atoms with Crippen molar-refractivity contribution in [2.45, 2.75) is 25.8 Å². The first kappa shape index (κ1) is 20.9. The summed E-state index contributed by atoms with van der Waals surface area (Å²) in [4.78, 5) is 28.2. The Morgan fingerprint density at radius 2 is 1.89 bits per heavy atom. The second-order valence-corrected chi connectivity index (χ2v) is 7.06. The summed E-state index contributed by atoms with van der Waals surface area (Å²) in [6.45, 7) is 6.31. The molecule has 2 fully saturated rings. The predicted molar refractivity (Wildman–Crippen MR) is 105 cm³/mol. The molecule has 0 radical (unpaired) electrons. The van der Waals surface area contributed by atoms with Gasteiger partial charge in [0, 0.05) is 43.8 Å². The summed E-state index contributed by atoms with van der Waals surface area (Å²) < 4.78 is 16.6. The van der Waals surface area contributed by atoms with E-state index < -0.39 is 17.2 Å². The number of likely N-dealkylation sites (N-methyl/N-ethyl adjacent to an activating group) is 1. The second-order valence-electron chi connectivity index (χ2n) is 7.06. The second kappa shape index (κ2) is 8.30. The molecular weight excluding hydrogens is 376 g/mol. The van der Waals surface area contributed by atoms with Gasteiger partial charge in [0.1, 0.15) is 11.4 Å². The topological polar surface area (TPSA) is 65.8 Å². The Labute approximate surface area is 199 Å². The number of carbonyl (C=O) groups is 1. The van der Waals surface area contributed by atoms with Crippen molar-refractivity contribution in [1.82, 2.24) is 9.47 Å². The van der Waals surface area contributed by atoms with Crippen molar-refractivity contribution >= 4 is 73.9 Å². The third kappa shape index (κ3) is 4.01. The standard InChI is InChI=1S/C19H22FN3O3.K.H/c1-2-21-5-7-22(8-6-21)17-10-16-13(9-15(17)20)18(24)14(19(25)26)11-23(16)12-3-4-12;;/h9-12H,2-8H2,1H3,(H,25,26);;. The van der Waals surface area contributed by atoms with Gasteiger partial charge >= 0.3 is 57.4 Å². The van der Waals surface area contributed by atoms with Crippen LogP contribution in [0.1, 0.15) is 36.2 Å². The summed E-state index contributed by atoms with van der Waals surface area (Å²) in [5, 5.41) is 9.45. The van der Waals surface area contributed by atoms with Crippen molar-refractivity contribution < 1.29 is 14.3 Å². The first-order valence-electron chi connectivity index (χ1n) is 9.08. The molecule has 1 aliphatic heterocycles. The number of hydrogen-bond donors (Lipinski definition) is 1. The summed E-state index contributed by atoms with van der Waals surface area (Å²) in [7, 11) is 0. The van der Waals surface area contributed by atoms with Gasteiger partial charge in [0.05, 0.1) is 11.2 Å². The Kier molecular flexibility index (Phi) is 6.44. The van der Waals surface area contributed by atoms with Gasteiger partial charge in [-0.1, -0.05) is 6.92 Å². The molecule has 8 heteroatoms. The fraction of sp³-hybridized carbons (Fsp3) is 0.474. The van der Waals surface area contributed by atoms with Gasteiger partial charge in [-0.25, -0.2) is 9.18 Å². The molecule has 2 aliphatic rings. The van der Waals surface area contributed by atoms with Crippen molar-refractivity contribution in [2.24, 2.45) is 0 Å². The molecule has 27 heavy (non-hydrogen) atoms. The Balaban J connectivity index is 0.00000210. The SMILES string of the molecule is CCN1CCN(c2cc3c(cc2F)c(=O)c(C(=O)O)cn3C2CC2)CC1.[KH].